The first-order valence-corrected chi connectivity index (χ1v) is 6.97. The van der Waals surface area contributed by atoms with E-state index in [0.717, 1.165) is 39.1 Å². The second-order valence-electron chi connectivity index (χ2n) is 4.77. The molecule has 0 atom stereocenters. The van der Waals surface area contributed by atoms with E-state index >= 15 is 0 Å². The van der Waals surface area contributed by atoms with Crippen molar-refractivity contribution < 1.29 is 9.47 Å². The minimum absolute atomic E-state index is 0. The van der Waals surface area contributed by atoms with E-state index in [4.69, 9.17) is 14.7 Å². The van der Waals surface area contributed by atoms with Gasteiger partial charge in [0.2, 0.25) is 0 Å². The third-order valence-corrected chi connectivity index (χ3v) is 3.38. The highest BCUT2D eigenvalue weighted by Crippen LogP contribution is 2.27. The Morgan fingerprint density at radius 2 is 2.05 bits per heavy atom. The molecule has 0 bridgehead atoms. The number of ether oxygens (including phenoxy) is 2. The average molecular weight is 312 g/mol. The van der Waals surface area contributed by atoms with Crippen LogP contribution in [0.2, 0.25) is 0 Å². The lowest BCUT2D eigenvalue weighted by atomic mass is 10.2. The zero-order valence-corrected chi connectivity index (χ0v) is 13.1. The second-order valence-corrected chi connectivity index (χ2v) is 4.77. The van der Waals surface area contributed by atoms with Crippen LogP contribution in [0.15, 0.2) is 18.2 Å². The highest BCUT2D eigenvalue weighted by Gasteiger charge is 2.09. The fourth-order valence-electron chi connectivity index (χ4n) is 2.26. The van der Waals surface area contributed by atoms with Crippen LogP contribution in [-0.4, -0.2) is 51.3 Å². The van der Waals surface area contributed by atoms with Crippen molar-refractivity contribution >= 4 is 12.4 Å². The van der Waals surface area contributed by atoms with Gasteiger partial charge in [0.05, 0.1) is 25.3 Å². The van der Waals surface area contributed by atoms with E-state index in [9.17, 15) is 0 Å². The van der Waals surface area contributed by atoms with Crippen molar-refractivity contribution in [3.05, 3.63) is 23.8 Å². The molecule has 1 aliphatic heterocycles. The van der Waals surface area contributed by atoms with Crippen molar-refractivity contribution in [3.8, 4) is 17.6 Å². The number of piperazine rings is 1. The first kappa shape index (κ1) is 17.6. The van der Waals surface area contributed by atoms with E-state index in [-0.39, 0.29) is 12.4 Å². The molecule has 1 aliphatic rings. The number of nitrogens with one attached hydrogen (secondary N) is 1. The summed E-state index contributed by atoms with van der Waals surface area (Å²) in [6.07, 6.45) is 0.989. The Morgan fingerprint density at radius 1 is 1.29 bits per heavy atom. The Kier molecular flexibility index (Phi) is 7.91. The molecule has 0 aliphatic carbocycles. The molecular weight excluding hydrogens is 290 g/mol. The number of halogens is 1. The number of rotatable bonds is 6. The van der Waals surface area contributed by atoms with Crippen molar-refractivity contribution in [1.29, 1.82) is 5.26 Å². The van der Waals surface area contributed by atoms with Gasteiger partial charge < -0.3 is 19.7 Å². The van der Waals surface area contributed by atoms with E-state index in [0.29, 0.717) is 23.7 Å². The van der Waals surface area contributed by atoms with Crippen LogP contribution < -0.4 is 14.8 Å². The van der Waals surface area contributed by atoms with E-state index in [1.807, 2.05) is 0 Å². The smallest absolute Gasteiger partial charge is 0.162 e. The predicted molar refractivity (Wildman–Crippen MR) is 84.4 cm³/mol. The van der Waals surface area contributed by atoms with Crippen LogP contribution >= 0.6 is 12.4 Å². The molecule has 0 unspecified atom stereocenters. The molecule has 6 heteroatoms. The lowest BCUT2D eigenvalue weighted by molar-refractivity contribution is 0.211. The summed E-state index contributed by atoms with van der Waals surface area (Å²) in [5.74, 6) is 1.32. The molecule has 5 nitrogen and oxygen atoms in total. The fraction of sp³-hybridized carbons (Fsp3) is 0.533. The first-order chi connectivity index (χ1) is 9.83. The molecule has 0 aromatic heterocycles. The van der Waals surface area contributed by atoms with Crippen molar-refractivity contribution in [1.82, 2.24) is 10.2 Å². The Balaban J connectivity index is 0.00000220. The average Bonchev–Trinajstić information content (AvgIpc) is 2.52. The van der Waals surface area contributed by atoms with Gasteiger partial charge in [0, 0.05) is 38.8 Å². The summed E-state index contributed by atoms with van der Waals surface area (Å²) >= 11 is 0. The molecule has 116 valence electrons. The maximum Gasteiger partial charge on any atom is 0.162 e. The summed E-state index contributed by atoms with van der Waals surface area (Å²) in [5, 5.41) is 12.2. The lowest BCUT2D eigenvalue weighted by Crippen LogP contribution is -2.43. The Morgan fingerprint density at radius 3 is 2.71 bits per heavy atom. The van der Waals surface area contributed by atoms with Crippen LogP contribution in [0.4, 0.5) is 0 Å². The normalized spacial score (nSPS) is 14.9. The molecule has 2 rings (SSSR count). The van der Waals surface area contributed by atoms with Crippen LogP contribution in [0, 0.1) is 11.3 Å². The Labute approximate surface area is 132 Å². The molecule has 0 radical (unpaired) electrons. The van der Waals surface area contributed by atoms with Crippen molar-refractivity contribution in [2.75, 3.05) is 46.4 Å². The molecule has 1 fully saturated rings. The minimum atomic E-state index is 0. The zero-order chi connectivity index (χ0) is 14.2. The van der Waals surface area contributed by atoms with Crippen LogP contribution in [0.25, 0.3) is 0 Å². The van der Waals surface area contributed by atoms with Gasteiger partial charge in [-0.15, -0.1) is 12.4 Å². The van der Waals surface area contributed by atoms with E-state index in [1.165, 1.54) is 0 Å². The number of hydrogen-bond donors (Lipinski definition) is 1. The van der Waals surface area contributed by atoms with Gasteiger partial charge in [0.25, 0.3) is 0 Å². The summed E-state index contributed by atoms with van der Waals surface area (Å²) in [7, 11) is 1.59. The summed E-state index contributed by atoms with van der Waals surface area (Å²) in [6.45, 7) is 6.08. The number of benzene rings is 1. The lowest BCUT2D eigenvalue weighted by Gasteiger charge is -2.27. The molecule has 1 saturated heterocycles. The molecule has 0 spiro atoms. The van der Waals surface area contributed by atoms with Crippen LogP contribution in [0.3, 0.4) is 0 Å². The summed E-state index contributed by atoms with van der Waals surface area (Å²) in [5.41, 5.74) is 0.579. The summed E-state index contributed by atoms with van der Waals surface area (Å²) < 4.78 is 11.0. The topological polar surface area (TPSA) is 57.5 Å². The molecule has 1 aromatic rings. The number of nitrogens with zero attached hydrogens (tertiary/aromatic N) is 2. The summed E-state index contributed by atoms with van der Waals surface area (Å²) in [6, 6.07) is 7.33. The SMILES string of the molecule is COc1cc(C#N)ccc1OCCCN1CCNCC1.Cl. The van der Waals surface area contributed by atoms with Gasteiger partial charge in [-0.3, -0.25) is 0 Å². The molecule has 1 N–H and O–H groups in total. The van der Waals surface area contributed by atoms with Gasteiger partial charge in [-0.25, -0.2) is 0 Å². The van der Waals surface area contributed by atoms with E-state index < -0.39 is 0 Å². The van der Waals surface area contributed by atoms with Crippen LogP contribution in [0.1, 0.15) is 12.0 Å². The van der Waals surface area contributed by atoms with E-state index in [1.54, 1.807) is 25.3 Å². The van der Waals surface area contributed by atoms with Gasteiger partial charge in [-0.2, -0.15) is 5.26 Å². The van der Waals surface area contributed by atoms with Crippen molar-refractivity contribution in [2.45, 2.75) is 6.42 Å². The largest absolute Gasteiger partial charge is 0.493 e. The van der Waals surface area contributed by atoms with Gasteiger partial charge in [0.1, 0.15) is 0 Å². The predicted octanol–water partition coefficient (Wildman–Crippen LogP) is 1.66. The van der Waals surface area contributed by atoms with Gasteiger partial charge >= 0.3 is 0 Å². The fourth-order valence-corrected chi connectivity index (χ4v) is 2.26. The maximum atomic E-state index is 8.85. The molecule has 1 heterocycles. The van der Waals surface area contributed by atoms with Crippen LogP contribution in [-0.2, 0) is 0 Å². The monoisotopic (exact) mass is 311 g/mol. The highest BCUT2D eigenvalue weighted by molar-refractivity contribution is 5.85. The van der Waals surface area contributed by atoms with Gasteiger partial charge in [-0.1, -0.05) is 0 Å². The van der Waals surface area contributed by atoms with Crippen molar-refractivity contribution in [3.63, 3.8) is 0 Å². The van der Waals surface area contributed by atoms with Crippen molar-refractivity contribution in [2.24, 2.45) is 0 Å². The quantitative estimate of drug-likeness (QED) is 0.810. The first-order valence-electron chi connectivity index (χ1n) is 6.97. The third kappa shape index (κ3) is 5.43. The van der Waals surface area contributed by atoms with E-state index in [2.05, 4.69) is 16.3 Å². The molecule has 1 aromatic carbocycles. The summed E-state index contributed by atoms with van der Waals surface area (Å²) in [4.78, 5) is 2.44. The second kappa shape index (κ2) is 9.46. The maximum absolute atomic E-state index is 8.85. The Bertz CT molecular complexity index is 470. The standard InChI is InChI=1S/C15H21N3O2.ClH/c1-19-15-11-13(12-16)3-4-14(15)20-10-2-7-18-8-5-17-6-9-18;/h3-4,11,17H,2,5-10H2,1H3;1H. The number of nitriles is 1. The highest BCUT2D eigenvalue weighted by atomic mass is 35.5. The Hall–Kier alpha value is -1.48. The molecular formula is C15H22ClN3O2. The van der Waals surface area contributed by atoms with Gasteiger partial charge in [0.15, 0.2) is 11.5 Å². The van der Waals surface area contributed by atoms with Gasteiger partial charge in [-0.05, 0) is 18.6 Å². The third-order valence-electron chi connectivity index (χ3n) is 3.38. The number of hydrogen-bond acceptors (Lipinski definition) is 5. The molecule has 21 heavy (non-hydrogen) atoms. The molecule has 0 amide bonds. The number of methoxy groups -OCH3 is 1. The van der Waals surface area contributed by atoms with Crippen LogP contribution in [0.5, 0.6) is 11.5 Å². The minimum Gasteiger partial charge on any atom is -0.493 e. The molecule has 0 saturated carbocycles. The zero-order valence-electron chi connectivity index (χ0n) is 12.3.